The second-order valence-electron chi connectivity index (χ2n) is 3.65. The van der Waals surface area contributed by atoms with E-state index in [9.17, 15) is 15.0 Å². The fraction of sp³-hybridized carbons (Fsp3) is 0.500. The van der Waals surface area contributed by atoms with Crippen LogP contribution in [-0.2, 0) is 4.79 Å². The maximum Gasteiger partial charge on any atom is 0.216 e. The molecule has 1 aromatic rings. The van der Waals surface area contributed by atoms with Crippen molar-refractivity contribution in [2.45, 2.75) is 24.3 Å². The maximum absolute atomic E-state index is 10.7. The lowest BCUT2D eigenvalue weighted by Crippen LogP contribution is -2.34. The minimum atomic E-state index is -1.39. The van der Waals surface area contributed by atoms with E-state index in [1.165, 1.54) is 18.7 Å². The molecule has 0 aliphatic rings. The van der Waals surface area contributed by atoms with E-state index in [1.54, 1.807) is 6.26 Å². The minimum Gasteiger partial charge on any atom is -0.388 e. The Labute approximate surface area is 124 Å². The summed E-state index contributed by atoms with van der Waals surface area (Å²) in [6, 6.07) is 0. The molecule has 2 unspecified atom stereocenters. The molecule has 9 heteroatoms. The minimum absolute atomic E-state index is 0.0290. The SMILES string of the molecule is CSc1nc(Cl)c(C(O)C(O)CNC(C)=O)c(Cl)n1. The summed E-state index contributed by atoms with van der Waals surface area (Å²) in [7, 11) is 0. The van der Waals surface area contributed by atoms with Crippen molar-refractivity contribution in [3.63, 3.8) is 0 Å². The van der Waals surface area contributed by atoms with Crippen LogP contribution < -0.4 is 5.32 Å². The Bertz CT molecular complexity index is 452. The molecule has 19 heavy (non-hydrogen) atoms. The van der Waals surface area contributed by atoms with Crippen molar-refractivity contribution in [2.75, 3.05) is 12.8 Å². The predicted octanol–water partition coefficient (Wildman–Crippen LogP) is 1.04. The van der Waals surface area contributed by atoms with Crippen molar-refractivity contribution in [3.8, 4) is 0 Å². The molecule has 0 aromatic carbocycles. The first-order chi connectivity index (χ1) is 8.86. The third-order valence-electron chi connectivity index (χ3n) is 2.24. The number of aromatic nitrogens is 2. The highest BCUT2D eigenvalue weighted by atomic mass is 35.5. The van der Waals surface area contributed by atoms with Gasteiger partial charge in [-0.2, -0.15) is 0 Å². The van der Waals surface area contributed by atoms with Gasteiger partial charge in [0.2, 0.25) is 5.91 Å². The molecule has 0 saturated heterocycles. The van der Waals surface area contributed by atoms with Gasteiger partial charge < -0.3 is 15.5 Å². The third-order valence-corrected chi connectivity index (χ3v) is 3.36. The highest BCUT2D eigenvalue weighted by Crippen LogP contribution is 2.31. The van der Waals surface area contributed by atoms with Gasteiger partial charge in [0.25, 0.3) is 0 Å². The fourth-order valence-electron chi connectivity index (χ4n) is 1.29. The quantitative estimate of drug-likeness (QED) is 0.425. The van der Waals surface area contributed by atoms with Gasteiger partial charge >= 0.3 is 0 Å². The van der Waals surface area contributed by atoms with Gasteiger partial charge in [-0.3, -0.25) is 4.79 Å². The van der Waals surface area contributed by atoms with E-state index >= 15 is 0 Å². The number of carbonyl (C=O) groups is 1. The Hall–Kier alpha value is -0.600. The van der Waals surface area contributed by atoms with Crippen LogP contribution in [0.1, 0.15) is 18.6 Å². The molecule has 2 atom stereocenters. The predicted molar refractivity (Wildman–Crippen MR) is 73.5 cm³/mol. The van der Waals surface area contributed by atoms with Crippen LogP contribution in [0.15, 0.2) is 5.16 Å². The van der Waals surface area contributed by atoms with E-state index in [0.29, 0.717) is 5.16 Å². The zero-order valence-corrected chi connectivity index (χ0v) is 12.6. The Morgan fingerprint density at radius 3 is 2.32 bits per heavy atom. The molecule has 0 saturated carbocycles. The number of thioether (sulfide) groups is 1. The van der Waals surface area contributed by atoms with Crippen molar-refractivity contribution in [3.05, 3.63) is 15.9 Å². The van der Waals surface area contributed by atoms with Crippen molar-refractivity contribution < 1.29 is 15.0 Å². The van der Waals surface area contributed by atoms with E-state index < -0.39 is 12.2 Å². The molecular formula is C10H13Cl2N3O3S. The van der Waals surface area contributed by atoms with Gasteiger partial charge in [-0.15, -0.1) is 0 Å². The Balaban J connectivity index is 2.92. The molecule has 6 nitrogen and oxygen atoms in total. The molecule has 0 fully saturated rings. The largest absolute Gasteiger partial charge is 0.388 e. The average molecular weight is 326 g/mol. The Morgan fingerprint density at radius 2 is 1.89 bits per heavy atom. The lowest BCUT2D eigenvalue weighted by Gasteiger charge is -2.19. The number of rotatable bonds is 5. The average Bonchev–Trinajstić information content (AvgIpc) is 2.34. The van der Waals surface area contributed by atoms with Gasteiger partial charge in [-0.05, 0) is 6.26 Å². The number of aliphatic hydroxyl groups excluding tert-OH is 2. The smallest absolute Gasteiger partial charge is 0.216 e. The molecule has 1 amide bonds. The van der Waals surface area contributed by atoms with Crippen molar-refractivity contribution >= 4 is 40.9 Å². The molecule has 3 N–H and O–H groups in total. The number of amides is 1. The lowest BCUT2D eigenvalue weighted by molar-refractivity contribution is -0.119. The summed E-state index contributed by atoms with van der Waals surface area (Å²) in [4.78, 5) is 18.6. The summed E-state index contributed by atoms with van der Waals surface area (Å²) >= 11 is 13.1. The van der Waals surface area contributed by atoms with Crippen molar-refractivity contribution in [1.82, 2.24) is 15.3 Å². The van der Waals surface area contributed by atoms with Gasteiger partial charge in [0, 0.05) is 13.5 Å². The first kappa shape index (κ1) is 16.5. The first-order valence-corrected chi connectivity index (χ1v) is 7.22. The fourth-order valence-corrected chi connectivity index (χ4v) is 2.36. The number of hydrogen-bond donors (Lipinski definition) is 3. The van der Waals surface area contributed by atoms with E-state index in [0.717, 1.165) is 0 Å². The molecule has 0 aliphatic heterocycles. The van der Waals surface area contributed by atoms with Crippen molar-refractivity contribution in [2.24, 2.45) is 0 Å². The number of halogens is 2. The van der Waals surface area contributed by atoms with Crippen LogP contribution in [-0.4, -0.2) is 45.0 Å². The van der Waals surface area contributed by atoms with E-state index in [1.807, 2.05) is 0 Å². The number of nitrogens with zero attached hydrogens (tertiary/aromatic N) is 2. The molecule has 1 heterocycles. The zero-order valence-electron chi connectivity index (χ0n) is 10.2. The van der Waals surface area contributed by atoms with Gasteiger partial charge in [0.1, 0.15) is 22.5 Å². The van der Waals surface area contributed by atoms with Crippen LogP contribution in [0.2, 0.25) is 10.3 Å². The van der Waals surface area contributed by atoms with Crippen LogP contribution in [0.3, 0.4) is 0 Å². The van der Waals surface area contributed by atoms with Crippen LogP contribution in [0.25, 0.3) is 0 Å². The zero-order chi connectivity index (χ0) is 14.6. The highest BCUT2D eigenvalue weighted by molar-refractivity contribution is 7.98. The number of hydrogen-bond acceptors (Lipinski definition) is 6. The van der Waals surface area contributed by atoms with Gasteiger partial charge in [-0.25, -0.2) is 9.97 Å². The topological polar surface area (TPSA) is 95.3 Å². The second kappa shape index (κ2) is 7.25. The van der Waals surface area contributed by atoms with Crippen LogP contribution in [0.5, 0.6) is 0 Å². The molecule has 1 aromatic heterocycles. The number of nitrogens with one attached hydrogen (secondary N) is 1. The summed E-state index contributed by atoms with van der Waals surface area (Å²) in [6.07, 6.45) is -0.894. The van der Waals surface area contributed by atoms with E-state index in [4.69, 9.17) is 23.2 Å². The third kappa shape index (κ3) is 4.47. The Kier molecular flexibility index (Phi) is 6.28. The molecule has 1 rings (SSSR count). The normalized spacial score (nSPS) is 14.0. The molecule has 106 valence electrons. The summed E-state index contributed by atoms with van der Waals surface area (Å²) in [5.41, 5.74) is 0.0407. The van der Waals surface area contributed by atoms with Crippen LogP contribution in [0.4, 0.5) is 0 Å². The first-order valence-electron chi connectivity index (χ1n) is 5.24. The summed E-state index contributed by atoms with van der Waals surface area (Å²) in [6.45, 7) is 1.17. The Morgan fingerprint density at radius 1 is 1.37 bits per heavy atom. The summed E-state index contributed by atoms with van der Waals surface area (Å²) in [5, 5.41) is 22.4. The molecule has 0 aliphatic carbocycles. The van der Waals surface area contributed by atoms with E-state index in [2.05, 4.69) is 15.3 Å². The second-order valence-corrected chi connectivity index (χ2v) is 5.14. The molecular weight excluding hydrogens is 313 g/mol. The highest BCUT2D eigenvalue weighted by Gasteiger charge is 2.25. The van der Waals surface area contributed by atoms with Gasteiger partial charge in [0.05, 0.1) is 5.56 Å². The summed E-state index contributed by atoms with van der Waals surface area (Å²) < 4.78 is 0. The number of carbonyl (C=O) groups excluding carboxylic acids is 1. The van der Waals surface area contributed by atoms with Crippen molar-refractivity contribution in [1.29, 1.82) is 0 Å². The monoisotopic (exact) mass is 325 g/mol. The van der Waals surface area contributed by atoms with Crippen LogP contribution in [0, 0.1) is 0 Å². The molecule has 0 radical (unpaired) electrons. The van der Waals surface area contributed by atoms with E-state index in [-0.39, 0.29) is 28.3 Å². The lowest BCUT2D eigenvalue weighted by atomic mass is 10.1. The maximum atomic E-state index is 10.7. The standard InChI is InChI=1S/C10H13Cl2N3O3S/c1-4(16)13-3-5(17)7(18)6-8(11)14-10(19-2)15-9(6)12/h5,7,17-18H,3H2,1-2H3,(H,13,16). The molecule has 0 bridgehead atoms. The number of aliphatic hydroxyl groups is 2. The molecule has 0 spiro atoms. The van der Waals surface area contributed by atoms with Crippen LogP contribution >= 0.6 is 35.0 Å². The summed E-state index contributed by atoms with van der Waals surface area (Å²) in [5.74, 6) is -0.322. The van der Waals surface area contributed by atoms with Gasteiger partial charge in [-0.1, -0.05) is 35.0 Å². The van der Waals surface area contributed by atoms with Gasteiger partial charge in [0.15, 0.2) is 5.16 Å².